The summed E-state index contributed by atoms with van der Waals surface area (Å²) in [5.41, 5.74) is 1.27. The molecule has 1 aromatic heterocycles. The lowest BCUT2D eigenvalue weighted by molar-refractivity contribution is -0.140. The van der Waals surface area contributed by atoms with Gasteiger partial charge >= 0.3 is 6.18 Å². The Kier molecular flexibility index (Phi) is 4.19. The Morgan fingerprint density at radius 1 is 1.39 bits per heavy atom. The molecule has 0 spiro atoms. The number of hydrogen-bond donors (Lipinski definition) is 1. The van der Waals surface area contributed by atoms with Gasteiger partial charge in [-0.2, -0.15) is 18.4 Å². The summed E-state index contributed by atoms with van der Waals surface area (Å²) in [6.07, 6.45) is -8.22. The fourth-order valence-electron chi connectivity index (χ4n) is 1.56. The summed E-state index contributed by atoms with van der Waals surface area (Å²) in [4.78, 5) is 3.46. The van der Waals surface area contributed by atoms with Gasteiger partial charge in [-0.1, -0.05) is 0 Å². The molecule has 2 N–H and O–H groups in total. The van der Waals surface area contributed by atoms with Crippen LogP contribution in [0.5, 0.6) is 0 Å². The number of rotatable bonds is 3. The van der Waals surface area contributed by atoms with E-state index in [4.69, 9.17) is 11.0 Å². The maximum absolute atomic E-state index is 12.8. The molecule has 0 saturated heterocycles. The van der Waals surface area contributed by atoms with Crippen LogP contribution in [0, 0.1) is 11.3 Å². The molecule has 0 amide bonds. The van der Waals surface area contributed by atoms with Gasteiger partial charge in [0.2, 0.25) is 0 Å². The third-order valence-electron chi connectivity index (χ3n) is 2.24. The van der Waals surface area contributed by atoms with Gasteiger partial charge in [0.05, 0.1) is 29.3 Å². The summed E-state index contributed by atoms with van der Waals surface area (Å²) >= 11 is 0. The largest absolute Gasteiger partial charge is 0.417 e. The third-order valence-corrected chi connectivity index (χ3v) is 2.24. The average Bonchev–Trinajstić information content (AvgIpc) is 2.27. The number of hydrogen-bond acceptors (Lipinski definition) is 3. The van der Waals surface area contributed by atoms with Gasteiger partial charge in [0.15, 0.2) is 0 Å². The Morgan fingerprint density at radius 2 is 2.00 bits per heavy atom. The fraction of sp³-hybridized carbons (Fsp3) is 0.400. The first kappa shape index (κ1) is 14.3. The molecule has 0 unspecified atom stereocenters. The summed E-state index contributed by atoms with van der Waals surface area (Å²) in [5.74, 6) is 0. The van der Waals surface area contributed by atoms with Crippen LogP contribution in [0.25, 0.3) is 0 Å². The number of nitrogens with zero attached hydrogens (tertiary/aromatic N) is 2. The number of alkyl halides is 5. The van der Waals surface area contributed by atoms with Crippen LogP contribution in [0.1, 0.15) is 28.8 Å². The van der Waals surface area contributed by atoms with E-state index in [1.807, 2.05) is 0 Å². The first-order chi connectivity index (χ1) is 8.32. The van der Waals surface area contributed by atoms with Crippen molar-refractivity contribution < 1.29 is 22.0 Å². The molecule has 0 fully saturated rings. The molecular formula is C10H8F5N3. The fourth-order valence-corrected chi connectivity index (χ4v) is 1.56. The molecule has 98 valence electrons. The quantitative estimate of drug-likeness (QED) is 0.854. The van der Waals surface area contributed by atoms with Gasteiger partial charge in [0.25, 0.3) is 6.43 Å². The number of nitrogens with two attached hydrogens (primary N) is 1. The lowest BCUT2D eigenvalue weighted by atomic mass is 9.99. The van der Waals surface area contributed by atoms with Crippen molar-refractivity contribution in [2.45, 2.75) is 25.6 Å². The van der Waals surface area contributed by atoms with Crippen molar-refractivity contribution in [3.8, 4) is 6.07 Å². The molecule has 0 radical (unpaired) electrons. The van der Waals surface area contributed by atoms with Crippen molar-refractivity contribution in [2.24, 2.45) is 5.73 Å². The topological polar surface area (TPSA) is 62.7 Å². The second-order valence-electron chi connectivity index (χ2n) is 3.36. The van der Waals surface area contributed by atoms with E-state index in [2.05, 4.69) is 4.98 Å². The molecule has 0 aromatic carbocycles. The minimum Gasteiger partial charge on any atom is -0.325 e. The standard InChI is InChI=1S/C10H8F5N3/c11-9(12)7-6(3-17)18-4-5(1-2-16)8(7)10(13,14)15/h4,9H,1,3,17H2. The summed E-state index contributed by atoms with van der Waals surface area (Å²) in [7, 11) is 0. The summed E-state index contributed by atoms with van der Waals surface area (Å²) in [5, 5.41) is 8.41. The Labute approximate surface area is 99.0 Å². The minimum atomic E-state index is -4.98. The van der Waals surface area contributed by atoms with Gasteiger partial charge in [0, 0.05) is 12.7 Å². The van der Waals surface area contributed by atoms with Gasteiger partial charge < -0.3 is 5.73 Å². The minimum absolute atomic E-state index is 0.515. The van der Waals surface area contributed by atoms with Crippen molar-refractivity contribution in [1.82, 2.24) is 4.98 Å². The molecule has 1 aromatic rings. The molecule has 3 nitrogen and oxygen atoms in total. The molecule has 1 rings (SSSR count). The molecule has 0 aliphatic heterocycles. The van der Waals surface area contributed by atoms with Crippen LogP contribution < -0.4 is 5.73 Å². The number of nitriles is 1. The maximum Gasteiger partial charge on any atom is 0.417 e. The van der Waals surface area contributed by atoms with Crippen LogP contribution in [0.15, 0.2) is 6.20 Å². The van der Waals surface area contributed by atoms with E-state index < -0.39 is 48.0 Å². The van der Waals surface area contributed by atoms with Crippen LogP contribution in [0.3, 0.4) is 0 Å². The first-order valence-electron chi connectivity index (χ1n) is 4.76. The summed E-state index contributed by atoms with van der Waals surface area (Å²) < 4.78 is 63.9. The molecule has 8 heteroatoms. The first-order valence-corrected chi connectivity index (χ1v) is 4.76. The van der Waals surface area contributed by atoms with Crippen LogP contribution in [0.4, 0.5) is 22.0 Å². The van der Waals surface area contributed by atoms with Crippen LogP contribution in [-0.2, 0) is 19.1 Å². The van der Waals surface area contributed by atoms with E-state index >= 15 is 0 Å². The SMILES string of the molecule is N#CCc1cnc(CN)c(C(F)F)c1C(F)(F)F. The number of aromatic nitrogens is 1. The zero-order valence-electron chi connectivity index (χ0n) is 8.93. The Bertz CT molecular complexity index is 476. The normalized spacial score (nSPS) is 11.7. The van der Waals surface area contributed by atoms with Crippen LogP contribution in [-0.4, -0.2) is 4.98 Å². The van der Waals surface area contributed by atoms with E-state index in [1.54, 1.807) is 0 Å². The average molecular weight is 265 g/mol. The highest BCUT2D eigenvalue weighted by atomic mass is 19.4. The van der Waals surface area contributed by atoms with Gasteiger partial charge in [-0.15, -0.1) is 0 Å². The molecule has 0 aliphatic carbocycles. The molecule has 0 saturated carbocycles. The molecule has 0 aliphatic rings. The van der Waals surface area contributed by atoms with Crippen LogP contribution in [0.2, 0.25) is 0 Å². The Balaban J connectivity index is 3.61. The zero-order chi connectivity index (χ0) is 13.9. The maximum atomic E-state index is 12.8. The number of pyridine rings is 1. The molecule has 18 heavy (non-hydrogen) atoms. The van der Waals surface area contributed by atoms with E-state index in [9.17, 15) is 22.0 Å². The van der Waals surface area contributed by atoms with Crippen molar-refractivity contribution >= 4 is 0 Å². The van der Waals surface area contributed by atoms with Crippen LogP contribution >= 0.6 is 0 Å². The lowest BCUT2D eigenvalue weighted by Crippen LogP contribution is -2.18. The highest BCUT2D eigenvalue weighted by Gasteiger charge is 2.39. The van der Waals surface area contributed by atoms with E-state index in [1.165, 1.54) is 6.07 Å². The lowest BCUT2D eigenvalue weighted by Gasteiger charge is -2.18. The molecule has 0 atom stereocenters. The molecule has 1 heterocycles. The van der Waals surface area contributed by atoms with Gasteiger partial charge in [-0.3, -0.25) is 4.98 Å². The molecule has 0 bridgehead atoms. The van der Waals surface area contributed by atoms with Crippen molar-refractivity contribution in [2.75, 3.05) is 0 Å². The summed E-state index contributed by atoms with van der Waals surface area (Å²) in [6.45, 7) is -0.532. The van der Waals surface area contributed by atoms with Crippen molar-refractivity contribution in [3.05, 3.63) is 28.6 Å². The predicted molar refractivity (Wildman–Crippen MR) is 51.4 cm³/mol. The highest BCUT2D eigenvalue weighted by molar-refractivity contribution is 5.41. The Morgan fingerprint density at radius 3 is 2.39 bits per heavy atom. The van der Waals surface area contributed by atoms with E-state index in [-0.39, 0.29) is 0 Å². The zero-order valence-corrected chi connectivity index (χ0v) is 8.93. The predicted octanol–water partition coefficient (Wildman–Crippen LogP) is 2.56. The van der Waals surface area contributed by atoms with Gasteiger partial charge in [0.1, 0.15) is 0 Å². The van der Waals surface area contributed by atoms with Gasteiger partial charge in [-0.25, -0.2) is 8.78 Å². The van der Waals surface area contributed by atoms with Crippen molar-refractivity contribution in [1.29, 1.82) is 5.26 Å². The number of halogens is 5. The summed E-state index contributed by atoms with van der Waals surface area (Å²) in [6, 6.07) is 1.48. The Hall–Kier alpha value is -1.75. The smallest absolute Gasteiger partial charge is 0.325 e. The van der Waals surface area contributed by atoms with Crippen molar-refractivity contribution in [3.63, 3.8) is 0 Å². The monoisotopic (exact) mass is 265 g/mol. The highest BCUT2D eigenvalue weighted by Crippen LogP contribution is 2.39. The van der Waals surface area contributed by atoms with Gasteiger partial charge in [-0.05, 0) is 5.56 Å². The van der Waals surface area contributed by atoms with E-state index in [0.717, 1.165) is 6.20 Å². The van der Waals surface area contributed by atoms with E-state index in [0.29, 0.717) is 0 Å². The second kappa shape index (κ2) is 5.27. The third kappa shape index (κ3) is 2.73. The second-order valence-corrected chi connectivity index (χ2v) is 3.36. The molecular weight excluding hydrogens is 257 g/mol.